The minimum absolute atomic E-state index is 0.184. The highest BCUT2D eigenvalue weighted by Crippen LogP contribution is 2.19. The second-order valence-corrected chi connectivity index (χ2v) is 8.16. The molecule has 4 N–H and O–H groups in total. The van der Waals surface area contributed by atoms with E-state index in [1.807, 2.05) is 32.0 Å². The van der Waals surface area contributed by atoms with E-state index in [0.29, 0.717) is 34.9 Å². The summed E-state index contributed by atoms with van der Waals surface area (Å²) in [7, 11) is 0. The lowest BCUT2D eigenvalue weighted by Gasteiger charge is -2.12. The van der Waals surface area contributed by atoms with Gasteiger partial charge in [-0.1, -0.05) is 17.7 Å². The number of halogens is 1. The molecule has 7 nitrogen and oxygen atoms in total. The van der Waals surface area contributed by atoms with Crippen LogP contribution in [0.3, 0.4) is 0 Å². The fourth-order valence-corrected chi connectivity index (χ4v) is 3.97. The third-order valence-electron chi connectivity index (χ3n) is 5.34. The van der Waals surface area contributed by atoms with Gasteiger partial charge < -0.3 is 11.1 Å². The second-order valence-electron chi connectivity index (χ2n) is 7.72. The number of aryl methyl sites for hydroxylation is 2. The molecule has 0 saturated carbocycles. The molecule has 3 heterocycles. The minimum Gasteiger partial charge on any atom is -0.384 e. The summed E-state index contributed by atoms with van der Waals surface area (Å²) < 4.78 is 1.00. The quantitative estimate of drug-likeness (QED) is 0.320. The van der Waals surface area contributed by atoms with Gasteiger partial charge in [0, 0.05) is 46.9 Å². The Morgan fingerprint density at radius 2 is 2.00 bits per heavy atom. The van der Waals surface area contributed by atoms with Crippen molar-refractivity contribution in [3.05, 3.63) is 93.5 Å². The summed E-state index contributed by atoms with van der Waals surface area (Å²) in [6.45, 7) is 4.20. The summed E-state index contributed by atoms with van der Waals surface area (Å²) in [5.41, 5.74) is 11.5. The van der Waals surface area contributed by atoms with E-state index in [9.17, 15) is 10.0 Å². The van der Waals surface area contributed by atoms with Crippen LogP contribution in [0.15, 0.2) is 54.9 Å². The number of hydrogen-bond donors (Lipinski definition) is 3. The number of benzene rings is 1. The summed E-state index contributed by atoms with van der Waals surface area (Å²) >= 11 is 6.05. The molecule has 4 aromatic rings. The Bertz CT molecular complexity index is 1320. The second kappa shape index (κ2) is 8.80. The van der Waals surface area contributed by atoms with Crippen LogP contribution < -0.4 is 15.8 Å². The number of anilines is 1. The topological polar surface area (TPSA) is 105 Å². The van der Waals surface area contributed by atoms with E-state index in [2.05, 4.69) is 15.3 Å². The highest BCUT2D eigenvalue weighted by Gasteiger charge is 2.13. The Hall–Kier alpha value is -3.71. The highest BCUT2D eigenvalue weighted by atomic mass is 35.5. The zero-order valence-electron chi connectivity index (χ0n) is 17.8. The van der Waals surface area contributed by atoms with Crippen molar-refractivity contribution < 1.29 is 14.7 Å². The fourth-order valence-electron chi connectivity index (χ4n) is 3.76. The number of rotatable bonds is 5. The van der Waals surface area contributed by atoms with Crippen LogP contribution in [0.1, 0.15) is 38.4 Å². The van der Waals surface area contributed by atoms with Gasteiger partial charge >= 0.3 is 0 Å². The van der Waals surface area contributed by atoms with Gasteiger partial charge in [-0.15, -0.1) is 0 Å². The maximum absolute atomic E-state index is 12.7. The molecule has 32 heavy (non-hydrogen) atoms. The van der Waals surface area contributed by atoms with Gasteiger partial charge in [-0.2, -0.15) is 0 Å². The van der Waals surface area contributed by atoms with Crippen molar-refractivity contribution in [2.45, 2.75) is 26.8 Å². The first-order valence-electron chi connectivity index (χ1n) is 10.1. The van der Waals surface area contributed by atoms with Crippen LogP contribution in [0.2, 0.25) is 5.02 Å². The number of carbonyl (C=O) groups excluding carboxylic acids is 1. The Morgan fingerprint density at radius 3 is 2.78 bits per heavy atom. The number of nitrogens with two attached hydrogens (primary N) is 1. The molecule has 1 aromatic carbocycles. The summed E-state index contributed by atoms with van der Waals surface area (Å²) in [6.07, 6.45) is 3.61. The van der Waals surface area contributed by atoms with E-state index < -0.39 is 0 Å². The van der Waals surface area contributed by atoms with Crippen LogP contribution >= 0.6 is 11.6 Å². The van der Waals surface area contributed by atoms with Gasteiger partial charge in [-0.3, -0.25) is 15.0 Å². The number of amides is 1. The maximum atomic E-state index is 12.7. The minimum atomic E-state index is -0.184. The van der Waals surface area contributed by atoms with Crippen molar-refractivity contribution >= 4 is 34.2 Å². The van der Waals surface area contributed by atoms with Gasteiger partial charge in [0.15, 0.2) is 0 Å². The Balaban J connectivity index is 1.50. The number of pyridine rings is 3. The number of nitrogen functional groups attached to an aromatic ring is 1. The van der Waals surface area contributed by atoms with Crippen molar-refractivity contribution in [2.75, 3.05) is 5.73 Å². The van der Waals surface area contributed by atoms with Gasteiger partial charge in [-0.05, 0) is 60.9 Å². The fraction of sp³-hybridized carbons (Fsp3) is 0.167. The zero-order valence-corrected chi connectivity index (χ0v) is 18.5. The molecular formula is C24H23ClN5O2+. The van der Waals surface area contributed by atoms with Gasteiger partial charge in [0.2, 0.25) is 6.20 Å². The molecule has 0 aliphatic rings. The van der Waals surface area contributed by atoms with Crippen molar-refractivity contribution in [1.29, 1.82) is 0 Å². The van der Waals surface area contributed by atoms with Crippen LogP contribution in [0, 0.1) is 13.8 Å². The molecule has 0 bridgehead atoms. The van der Waals surface area contributed by atoms with Gasteiger partial charge in [0.05, 0.1) is 5.39 Å². The lowest BCUT2D eigenvalue weighted by Crippen LogP contribution is -2.30. The summed E-state index contributed by atoms with van der Waals surface area (Å²) in [4.78, 5) is 21.4. The molecule has 0 aliphatic carbocycles. The Labute approximate surface area is 190 Å². The molecule has 4 rings (SSSR count). The first-order chi connectivity index (χ1) is 15.3. The summed E-state index contributed by atoms with van der Waals surface area (Å²) in [5.74, 6) is 0.287. The van der Waals surface area contributed by atoms with Gasteiger partial charge in [0.1, 0.15) is 10.8 Å². The van der Waals surface area contributed by atoms with E-state index in [1.165, 1.54) is 6.20 Å². The molecule has 0 saturated heterocycles. The summed E-state index contributed by atoms with van der Waals surface area (Å²) in [6, 6.07) is 12.7. The lowest BCUT2D eigenvalue weighted by atomic mass is 10.0. The number of aromatic nitrogens is 3. The SMILES string of the molecule is Cc1cc(N)nc(C)c1CNC(=O)c1ccnc(Cc2ccc3c(cc(Cl)c[n+]3O)c2)c1. The summed E-state index contributed by atoms with van der Waals surface area (Å²) in [5, 5.41) is 14.2. The van der Waals surface area contributed by atoms with Crippen molar-refractivity contribution in [3.8, 4) is 0 Å². The van der Waals surface area contributed by atoms with E-state index in [4.69, 9.17) is 17.3 Å². The first kappa shape index (κ1) is 21.5. The third-order valence-corrected chi connectivity index (χ3v) is 5.55. The van der Waals surface area contributed by atoms with Crippen molar-refractivity contribution in [2.24, 2.45) is 0 Å². The number of carbonyl (C=O) groups is 1. The van der Waals surface area contributed by atoms with Crippen molar-refractivity contribution in [1.82, 2.24) is 15.3 Å². The molecule has 1 amide bonds. The maximum Gasteiger partial charge on any atom is 0.264 e. The predicted molar refractivity (Wildman–Crippen MR) is 123 cm³/mol. The van der Waals surface area contributed by atoms with E-state index in [1.54, 1.807) is 30.5 Å². The lowest BCUT2D eigenvalue weighted by molar-refractivity contribution is -0.884. The average Bonchev–Trinajstić information content (AvgIpc) is 2.72. The molecule has 8 heteroatoms. The standard InChI is InChI=1S/C24H22ClN5O2/c1-14-7-23(26)29-15(2)21(14)12-28-24(31)17-5-6-27-20(11-17)9-16-3-4-22-18(8-16)10-19(25)13-30(22)32/h3-8,10-11,13H,9,12H2,1-2H3,(H3-,26,28,29,31,32)/p+1. The normalized spacial score (nSPS) is 11.0. The van der Waals surface area contributed by atoms with Crippen LogP contribution in [-0.4, -0.2) is 21.1 Å². The monoisotopic (exact) mass is 448 g/mol. The Morgan fingerprint density at radius 1 is 1.19 bits per heavy atom. The largest absolute Gasteiger partial charge is 0.384 e. The molecule has 0 fully saturated rings. The zero-order chi connectivity index (χ0) is 22.8. The van der Waals surface area contributed by atoms with Gasteiger partial charge in [0.25, 0.3) is 11.4 Å². The predicted octanol–water partition coefficient (Wildman–Crippen LogP) is 3.53. The van der Waals surface area contributed by atoms with E-state index >= 15 is 0 Å². The molecule has 0 unspecified atom stereocenters. The Kier molecular flexibility index (Phi) is 5.92. The van der Waals surface area contributed by atoms with Crippen LogP contribution in [0.25, 0.3) is 10.9 Å². The van der Waals surface area contributed by atoms with E-state index in [-0.39, 0.29) is 5.91 Å². The molecular weight excluding hydrogens is 426 g/mol. The first-order valence-corrected chi connectivity index (χ1v) is 10.5. The van der Waals surface area contributed by atoms with Gasteiger partial charge in [-0.25, -0.2) is 4.98 Å². The third kappa shape index (κ3) is 4.63. The number of fused-ring (bicyclic) bond motifs is 1. The van der Waals surface area contributed by atoms with E-state index in [0.717, 1.165) is 38.2 Å². The molecule has 162 valence electrons. The molecule has 3 aromatic heterocycles. The van der Waals surface area contributed by atoms with Crippen LogP contribution in [-0.2, 0) is 13.0 Å². The molecule has 0 spiro atoms. The number of nitrogens with zero attached hydrogens (tertiary/aromatic N) is 3. The number of nitrogens with one attached hydrogen (secondary N) is 1. The smallest absolute Gasteiger partial charge is 0.264 e. The van der Waals surface area contributed by atoms with Crippen molar-refractivity contribution in [3.63, 3.8) is 0 Å². The highest BCUT2D eigenvalue weighted by molar-refractivity contribution is 6.30. The molecule has 0 aliphatic heterocycles. The van der Waals surface area contributed by atoms with Crippen LogP contribution in [0.4, 0.5) is 5.82 Å². The molecule has 0 radical (unpaired) electrons. The molecule has 0 atom stereocenters. The van der Waals surface area contributed by atoms with Crippen LogP contribution in [0.5, 0.6) is 0 Å². The average molecular weight is 449 g/mol. The number of hydrogen-bond acceptors (Lipinski definition) is 5.